The van der Waals surface area contributed by atoms with Gasteiger partial charge in [-0.25, -0.2) is 0 Å². The molecule has 1 aromatic carbocycles. The van der Waals surface area contributed by atoms with Gasteiger partial charge in [0.25, 0.3) is 0 Å². The van der Waals surface area contributed by atoms with E-state index in [-0.39, 0.29) is 0 Å². The lowest BCUT2D eigenvalue weighted by atomic mass is 9.90. The Labute approximate surface area is 148 Å². The molecule has 2 heterocycles. The standard InChI is InChI=1S/C20H12N2S2/c1-9-15-5-11-3-14(8-22)24-20(11)18(15)10(2)16-6-12-4-13(7-21)23-19(12)17(9)16/h3-4H,5-6H2,1-2H3. The van der Waals surface area contributed by atoms with Crippen LogP contribution in [0.1, 0.15) is 43.1 Å². The minimum atomic E-state index is 0.806. The summed E-state index contributed by atoms with van der Waals surface area (Å²) in [6.45, 7) is 4.44. The van der Waals surface area contributed by atoms with Crippen molar-refractivity contribution < 1.29 is 0 Å². The molecule has 5 rings (SSSR count). The molecule has 0 bridgehead atoms. The number of hydrogen-bond acceptors (Lipinski definition) is 4. The van der Waals surface area contributed by atoms with E-state index in [2.05, 4.69) is 26.0 Å². The van der Waals surface area contributed by atoms with Gasteiger partial charge in [0.2, 0.25) is 0 Å². The highest BCUT2D eigenvalue weighted by molar-refractivity contribution is 7.16. The summed E-state index contributed by atoms with van der Waals surface area (Å²) >= 11 is 3.25. The Morgan fingerprint density at radius 1 is 0.792 bits per heavy atom. The van der Waals surface area contributed by atoms with Crippen LogP contribution in [0.5, 0.6) is 0 Å². The first kappa shape index (κ1) is 14.0. The molecule has 0 fully saturated rings. The van der Waals surface area contributed by atoms with Crippen molar-refractivity contribution in [3.05, 3.63) is 55.3 Å². The molecule has 3 aromatic rings. The van der Waals surface area contributed by atoms with E-state index in [9.17, 15) is 10.5 Å². The Morgan fingerprint density at radius 3 is 1.58 bits per heavy atom. The minimum Gasteiger partial charge on any atom is -0.192 e. The van der Waals surface area contributed by atoms with E-state index in [1.165, 1.54) is 54.3 Å². The lowest BCUT2D eigenvalue weighted by Crippen LogP contribution is -1.97. The minimum absolute atomic E-state index is 0.806. The highest BCUT2D eigenvalue weighted by Gasteiger charge is 2.33. The molecule has 0 amide bonds. The summed E-state index contributed by atoms with van der Waals surface area (Å²) in [6, 6.07) is 8.67. The smallest absolute Gasteiger partial charge is 0.110 e. The van der Waals surface area contributed by atoms with Crippen LogP contribution >= 0.6 is 22.7 Å². The molecule has 2 nitrogen and oxygen atoms in total. The predicted octanol–water partition coefficient (Wildman–Crippen LogP) is 5.31. The molecule has 0 N–H and O–H groups in total. The highest BCUT2D eigenvalue weighted by atomic mass is 32.1. The lowest BCUT2D eigenvalue weighted by Gasteiger charge is -2.16. The van der Waals surface area contributed by atoms with Gasteiger partial charge < -0.3 is 0 Å². The SMILES string of the molecule is Cc1c2c(c(C)c3c1-c1sc(C#N)cc1C3)-c1sc(C#N)cc1C2. The van der Waals surface area contributed by atoms with Crippen LogP contribution in [0.3, 0.4) is 0 Å². The van der Waals surface area contributed by atoms with Crippen molar-refractivity contribution in [1.29, 1.82) is 10.5 Å². The van der Waals surface area contributed by atoms with Gasteiger partial charge in [0.1, 0.15) is 21.9 Å². The maximum absolute atomic E-state index is 9.20. The summed E-state index contributed by atoms with van der Waals surface area (Å²) in [7, 11) is 0. The van der Waals surface area contributed by atoms with Crippen LogP contribution in [0.2, 0.25) is 0 Å². The van der Waals surface area contributed by atoms with Gasteiger partial charge in [-0.15, -0.1) is 22.7 Å². The number of thiophene rings is 2. The Balaban J connectivity index is 1.80. The Hall–Kier alpha value is -2.40. The Kier molecular flexibility index (Phi) is 2.66. The molecular formula is C20H12N2S2. The topological polar surface area (TPSA) is 47.6 Å². The number of benzene rings is 1. The molecule has 0 atom stereocenters. The number of hydrogen-bond donors (Lipinski definition) is 0. The van der Waals surface area contributed by atoms with Crippen LogP contribution < -0.4 is 0 Å². The third-order valence-electron chi connectivity index (χ3n) is 5.29. The predicted molar refractivity (Wildman–Crippen MR) is 97.6 cm³/mol. The van der Waals surface area contributed by atoms with E-state index in [0.29, 0.717) is 0 Å². The summed E-state index contributed by atoms with van der Waals surface area (Å²) in [4.78, 5) is 4.19. The fraction of sp³-hybridized carbons (Fsp3) is 0.200. The van der Waals surface area contributed by atoms with Crippen LogP contribution in [-0.4, -0.2) is 0 Å². The molecule has 0 radical (unpaired) electrons. The van der Waals surface area contributed by atoms with Crippen LogP contribution in [0, 0.1) is 36.5 Å². The van der Waals surface area contributed by atoms with Gasteiger partial charge in [0.15, 0.2) is 0 Å². The molecule has 2 aromatic heterocycles. The van der Waals surface area contributed by atoms with E-state index in [1.807, 2.05) is 12.1 Å². The number of nitriles is 2. The Bertz CT molecular complexity index is 1050. The second-order valence-electron chi connectivity index (χ2n) is 6.46. The summed E-state index contributed by atoms with van der Waals surface area (Å²) in [5, 5.41) is 18.4. The normalized spacial score (nSPS) is 13.0. The van der Waals surface area contributed by atoms with Gasteiger partial charge >= 0.3 is 0 Å². The van der Waals surface area contributed by atoms with Crippen molar-refractivity contribution >= 4 is 22.7 Å². The van der Waals surface area contributed by atoms with E-state index in [1.54, 1.807) is 22.7 Å². The molecule has 2 aliphatic carbocycles. The highest BCUT2D eigenvalue weighted by Crippen LogP contribution is 2.53. The van der Waals surface area contributed by atoms with Crippen LogP contribution in [0.4, 0.5) is 0 Å². The molecule has 0 aliphatic heterocycles. The van der Waals surface area contributed by atoms with Crippen molar-refractivity contribution in [1.82, 2.24) is 0 Å². The monoisotopic (exact) mass is 344 g/mol. The second kappa shape index (κ2) is 4.57. The van der Waals surface area contributed by atoms with Crippen molar-refractivity contribution in [2.45, 2.75) is 26.7 Å². The van der Waals surface area contributed by atoms with E-state index < -0.39 is 0 Å². The van der Waals surface area contributed by atoms with E-state index in [4.69, 9.17) is 0 Å². The quantitative estimate of drug-likeness (QED) is 0.382. The molecule has 0 saturated carbocycles. The summed E-state index contributed by atoms with van der Waals surface area (Å²) < 4.78 is 0. The van der Waals surface area contributed by atoms with Gasteiger partial charge in [-0.3, -0.25) is 0 Å². The third-order valence-corrected chi connectivity index (χ3v) is 7.48. The van der Waals surface area contributed by atoms with E-state index in [0.717, 1.165) is 22.6 Å². The first-order valence-corrected chi connectivity index (χ1v) is 9.47. The zero-order chi connectivity index (χ0) is 16.6. The fourth-order valence-electron chi connectivity index (χ4n) is 4.22. The third kappa shape index (κ3) is 1.58. The second-order valence-corrected chi connectivity index (χ2v) is 8.57. The van der Waals surface area contributed by atoms with Crippen LogP contribution in [0.15, 0.2) is 12.1 Å². The molecule has 0 saturated heterocycles. The zero-order valence-corrected chi connectivity index (χ0v) is 14.9. The molecule has 114 valence electrons. The largest absolute Gasteiger partial charge is 0.192 e. The molecular weight excluding hydrogens is 332 g/mol. The van der Waals surface area contributed by atoms with Gasteiger partial charge in [0, 0.05) is 9.75 Å². The molecule has 0 spiro atoms. The van der Waals surface area contributed by atoms with Gasteiger partial charge in [-0.1, -0.05) is 0 Å². The van der Waals surface area contributed by atoms with Crippen LogP contribution in [0.25, 0.3) is 20.9 Å². The van der Waals surface area contributed by atoms with Gasteiger partial charge in [0.05, 0.1) is 0 Å². The van der Waals surface area contributed by atoms with Crippen molar-refractivity contribution in [3.63, 3.8) is 0 Å². The zero-order valence-electron chi connectivity index (χ0n) is 13.3. The summed E-state index contributed by atoms with van der Waals surface area (Å²) in [5.41, 5.74) is 10.9. The van der Waals surface area contributed by atoms with E-state index >= 15 is 0 Å². The summed E-state index contributed by atoms with van der Waals surface area (Å²) in [5.74, 6) is 0. The van der Waals surface area contributed by atoms with Crippen LogP contribution in [-0.2, 0) is 12.8 Å². The van der Waals surface area contributed by atoms with Crippen molar-refractivity contribution in [2.24, 2.45) is 0 Å². The van der Waals surface area contributed by atoms with Gasteiger partial charge in [-0.2, -0.15) is 10.5 Å². The number of fused-ring (bicyclic) bond motifs is 6. The number of rotatable bonds is 0. The maximum Gasteiger partial charge on any atom is 0.110 e. The lowest BCUT2D eigenvalue weighted by molar-refractivity contribution is 1.17. The molecule has 2 aliphatic rings. The van der Waals surface area contributed by atoms with Crippen molar-refractivity contribution in [3.8, 4) is 33.0 Å². The maximum atomic E-state index is 9.20. The van der Waals surface area contributed by atoms with Crippen molar-refractivity contribution in [2.75, 3.05) is 0 Å². The molecule has 24 heavy (non-hydrogen) atoms. The average molecular weight is 344 g/mol. The average Bonchev–Trinajstić information content (AvgIpc) is 3.28. The molecule has 0 unspecified atom stereocenters. The Morgan fingerprint density at radius 2 is 1.21 bits per heavy atom. The first-order chi connectivity index (χ1) is 11.6. The summed E-state index contributed by atoms with van der Waals surface area (Å²) in [6.07, 6.45) is 1.85. The number of nitrogens with zero attached hydrogens (tertiary/aromatic N) is 2. The first-order valence-electron chi connectivity index (χ1n) is 7.83. The fourth-order valence-corrected chi connectivity index (χ4v) is 6.44. The molecule has 4 heteroatoms. The van der Waals surface area contributed by atoms with Gasteiger partial charge in [-0.05, 0) is 83.3 Å².